The summed E-state index contributed by atoms with van der Waals surface area (Å²) >= 11 is 0. The molecule has 19 heavy (non-hydrogen) atoms. The number of hydrogen-bond acceptors (Lipinski definition) is 5. The van der Waals surface area contributed by atoms with Gasteiger partial charge in [0.15, 0.2) is 5.75 Å². The molecule has 0 amide bonds. The molecule has 98 valence electrons. The molecule has 0 fully saturated rings. The van der Waals surface area contributed by atoms with Gasteiger partial charge in [-0.1, -0.05) is 12.1 Å². The lowest BCUT2D eigenvalue weighted by molar-refractivity contribution is -0.385. The first-order valence-corrected chi connectivity index (χ1v) is 5.25. The number of aromatic carboxylic acids is 1. The summed E-state index contributed by atoms with van der Waals surface area (Å²) in [7, 11) is 0. The van der Waals surface area contributed by atoms with Gasteiger partial charge in [0, 0.05) is 11.6 Å². The third kappa shape index (κ3) is 2.71. The van der Waals surface area contributed by atoms with Gasteiger partial charge in [-0.25, -0.2) is 4.79 Å². The van der Waals surface area contributed by atoms with Crippen LogP contribution in [0, 0.1) is 10.1 Å². The third-order valence-electron chi connectivity index (χ3n) is 2.39. The monoisotopic (exact) mass is 263 g/mol. The summed E-state index contributed by atoms with van der Waals surface area (Å²) in [6.45, 7) is -0.122. The second-order valence-electron chi connectivity index (χ2n) is 3.59. The maximum atomic E-state index is 10.8. The number of carboxylic acids is 1. The molecule has 2 rings (SSSR count). The standard InChI is InChI=1S/C12H9NO6/c14-12(15)11-8(5-6-18-11)7-19-10-4-2-1-3-9(10)13(16)17/h1-6H,7H2,(H,14,15). The SMILES string of the molecule is O=C(O)c1occc1COc1ccccc1[N+](=O)[O-]. The van der Waals surface area contributed by atoms with Crippen LogP contribution >= 0.6 is 0 Å². The number of hydrogen-bond donors (Lipinski definition) is 1. The molecule has 0 saturated heterocycles. The van der Waals surface area contributed by atoms with E-state index < -0.39 is 10.9 Å². The van der Waals surface area contributed by atoms with Gasteiger partial charge in [0.2, 0.25) is 5.76 Å². The molecule has 0 aliphatic heterocycles. The Kier molecular flexibility index (Phi) is 3.46. The van der Waals surface area contributed by atoms with Crippen molar-refractivity contribution in [2.24, 2.45) is 0 Å². The van der Waals surface area contributed by atoms with E-state index in [9.17, 15) is 14.9 Å². The summed E-state index contributed by atoms with van der Waals surface area (Å²) in [6, 6.07) is 7.31. The number of rotatable bonds is 5. The number of ether oxygens (including phenoxy) is 1. The molecule has 0 spiro atoms. The highest BCUT2D eigenvalue weighted by Crippen LogP contribution is 2.27. The molecule has 2 aromatic rings. The highest BCUT2D eigenvalue weighted by atomic mass is 16.6. The van der Waals surface area contributed by atoms with Gasteiger partial charge in [-0.3, -0.25) is 10.1 Å². The quantitative estimate of drug-likeness (QED) is 0.656. The topological polar surface area (TPSA) is 103 Å². The highest BCUT2D eigenvalue weighted by Gasteiger charge is 2.17. The summed E-state index contributed by atoms with van der Waals surface area (Å²) in [5.74, 6) is -1.38. The molecule has 7 heteroatoms. The molecule has 1 N–H and O–H groups in total. The van der Waals surface area contributed by atoms with Crippen LogP contribution in [0.5, 0.6) is 5.75 Å². The fraction of sp³-hybridized carbons (Fsp3) is 0.0833. The van der Waals surface area contributed by atoms with E-state index in [4.69, 9.17) is 14.3 Å². The largest absolute Gasteiger partial charge is 0.482 e. The average molecular weight is 263 g/mol. The molecule has 1 aromatic heterocycles. The van der Waals surface area contributed by atoms with Crippen molar-refractivity contribution in [3.63, 3.8) is 0 Å². The molecule has 0 saturated carbocycles. The molecule has 0 bridgehead atoms. The minimum Gasteiger partial charge on any atom is -0.482 e. The maximum absolute atomic E-state index is 10.8. The van der Waals surface area contributed by atoms with E-state index in [1.165, 1.54) is 30.5 Å². The predicted octanol–water partition coefficient (Wildman–Crippen LogP) is 2.47. The predicted molar refractivity (Wildman–Crippen MR) is 63.1 cm³/mol. The Balaban J connectivity index is 2.17. The smallest absolute Gasteiger partial charge is 0.372 e. The number of para-hydroxylation sites is 2. The molecule has 0 aliphatic rings. The van der Waals surface area contributed by atoms with Crippen molar-refractivity contribution >= 4 is 11.7 Å². The van der Waals surface area contributed by atoms with Crippen LogP contribution in [0.1, 0.15) is 16.1 Å². The molecule has 1 aromatic carbocycles. The van der Waals surface area contributed by atoms with E-state index in [0.717, 1.165) is 0 Å². The first-order chi connectivity index (χ1) is 9.09. The molecule has 7 nitrogen and oxygen atoms in total. The molecular formula is C12H9NO6. The van der Waals surface area contributed by atoms with Gasteiger partial charge < -0.3 is 14.3 Å². The second kappa shape index (κ2) is 5.21. The van der Waals surface area contributed by atoms with Crippen molar-refractivity contribution in [2.45, 2.75) is 6.61 Å². The van der Waals surface area contributed by atoms with Crippen molar-refractivity contribution in [1.82, 2.24) is 0 Å². The van der Waals surface area contributed by atoms with Gasteiger partial charge in [-0.15, -0.1) is 0 Å². The van der Waals surface area contributed by atoms with E-state index in [1.807, 2.05) is 0 Å². The van der Waals surface area contributed by atoms with Crippen molar-refractivity contribution in [3.05, 3.63) is 58.0 Å². The van der Waals surface area contributed by atoms with Gasteiger partial charge in [0.25, 0.3) is 0 Å². The first kappa shape index (κ1) is 12.6. The Morgan fingerprint density at radius 3 is 2.79 bits per heavy atom. The van der Waals surface area contributed by atoms with Crippen LogP contribution in [0.3, 0.4) is 0 Å². The zero-order valence-corrected chi connectivity index (χ0v) is 9.61. The highest BCUT2D eigenvalue weighted by molar-refractivity contribution is 5.86. The molecule has 1 heterocycles. The van der Waals surface area contributed by atoms with Crippen LogP contribution in [-0.2, 0) is 6.61 Å². The zero-order valence-electron chi connectivity index (χ0n) is 9.61. The van der Waals surface area contributed by atoms with Crippen LogP contribution < -0.4 is 4.74 Å². The normalized spacial score (nSPS) is 10.1. The average Bonchev–Trinajstić information content (AvgIpc) is 2.85. The van der Waals surface area contributed by atoms with Crippen molar-refractivity contribution in [3.8, 4) is 5.75 Å². The summed E-state index contributed by atoms with van der Waals surface area (Å²) in [6.07, 6.45) is 1.22. The molecule has 0 radical (unpaired) electrons. The lowest BCUT2D eigenvalue weighted by Gasteiger charge is -2.05. The Hall–Kier alpha value is -2.83. The Labute approximate surface area is 107 Å². The van der Waals surface area contributed by atoms with Crippen molar-refractivity contribution in [1.29, 1.82) is 0 Å². The Bertz CT molecular complexity index is 618. The molecular weight excluding hydrogens is 254 g/mol. The number of benzene rings is 1. The van der Waals surface area contributed by atoms with Crippen molar-refractivity contribution < 1.29 is 24.0 Å². The first-order valence-electron chi connectivity index (χ1n) is 5.25. The van der Waals surface area contributed by atoms with E-state index in [-0.39, 0.29) is 23.8 Å². The van der Waals surface area contributed by atoms with Gasteiger partial charge >= 0.3 is 11.7 Å². The van der Waals surface area contributed by atoms with Crippen molar-refractivity contribution in [2.75, 3.05) is 0 Å². The van der Waals surface area contributed by atoms with E-state index in [2.05, 4.69) is 0 Å². The van der Waals surface area contributed by atoms with Gasteiger partial charge in [-0.05, 0) is 12.1 Å². The number of nitro benzene ring substituents is 1. The van der Waals surface area contributed by atoms with Crippen LogP contribution in [0.2, 0.25) is 0 Å². The molecule has 0 unspecified atom stereocenters. The van der Waals surface area contributed by atoms with E-state index in [1.54, 1.807) is 6.07 Å². The van der Waals surface area contributed by atoms with Gasteiger partial charge in [0.1, 0.15) is 6.61 Å². The lowest BCUT2D eigenvalue weighted by Crippen LogP contribution is -2.03. The summed E-state index contributed by atoms with van der Waals surface area (Å²) < 4.78 is 10.0. The lowest BCUT2D eigenvalue weighted by atomic mass is 10.2. The van der Waals surface area contributed by atoms with Gasteiger partial charge in [-0.2, -0.15) is 0 Å². The minimum absolute atomic E-state index is 0.0741. The number of nitrogens with zero attached hydrogens (tertiary/aromatic N) is 1. The van der Waals surface area contributed by atoms with Crippen LogP contribution in [0.15, 0.2) is 41.0 Å². The third-order valence-corrected chi connectivity index (χ3v) is 2.39. The fourth-order valence-corrected chi connectivity index (χ4v) is 1.52. The fourth-order valence-electron chi connectivity index (χ4n) is 1.52. The second-order valence-corrected chi connectivity index (χ2v) is 3.59. The number of carbonyl (C=O) groups is 1. The molecule has 0 atom stereocenters. The van der Waals surface area contributed by atoms with E-state index in [0.29, 0.717) is 5.56 Å². The molecule has 0 aliphatic carbocycles. The minimum atomic E-state index is -1.22. The Morgan fingerprint density at radius 1 is 1.37 bits per heavy atom. The van der Waals surface area contributed by atoms with Crippen LogP contribution in [0.25, 0.3) is 0 Å². The van der Waals surface area contributed by atoms with Crippen LogP contribution in [0.4, 0.5) is 5.69 Å². The summed E-state index contributed by atoms with van der Waals surface area (Å²) in [4.78, 5) is 21.0. The van der Waals surface area contributed by atoms with E-state index >= 15 is 0 Å². The summed E-state index contributed by atoms with van der Waals surface area (Å²) in [5, 5.41) is 19.6. The zero-order chi connectivity index (χ0) is 13.8. The Morgan fingerprint density at radius 2 is 2.11 bits per heavy atom. The van der Waals surface area contributed by atoms with Crippen LogP contribution in [-0.4, -0.2) is 16.0 Å². The number of nitro groups is 1. The van der Waals surface area contributed by atoms with Gasteiger partial charge in [0.05, 0.1) is 11.2 Å². The summed E-state index contributed by atoms with van der Waals surface area (Å²) in [5.41, 5.74) is 0.133. The number of furan rings is 1. The maximum Gasteiger partial charge on any atom is 0.372 e. The number of carboxylic acid groups (broad SMARTS) is 1.